The van der Waals surface area contributed by atoms with Crippen molar-refractivity contribution >= 4 is 44.9 Å². The van der Waals surface area contributed by atoms with Gasteiger partial charge in [-0.1, -0.05) is 17.7 Å². The van der Waals surface area contributed by atoms with E-state index in [0.29, 0.717) is 43.5 Å². The summed E-state index contributed by atoms with van der Waals surface area (Å²) in [5, 5.41) is 3.24. The average molecular weight is 468 g/mol. The minimum atomic E-state index is -0.361. The summed E-state index contributed by atoms with van der Waals surface area (Å²) in [5.41, 5.74) is 3.84. The quantitative estimate of drug-likeness (QED) is 0.358. The molecule has 0 fully saturated rings. The maximum atomic E-state index is 13.3. The number of halogens is 1. The molecule has 0 atom stereocenters. The number of H-pyrrole nitrogens is 1. The van der Waals surface area contributed by atoms with E-state index >= 15 is 0 Å². The van der Waals surface area contributed by atoms with Crippen LogP contribution in [0.3, 0.4) is 0 Å². The van der Waals surface area contributed by atoms with Crippen molar-refractivity contribution in [1.82, 2.24) is 9.97 Å². The molecule has 0 radical (unpaired) electrons. The molecule has 0 bridgehead atoms. The number of anilines is 1. The smallest absolute Gasteiger partial charge is 0.266 e. The van der Waals surface area contributed by atoms with E-state index in [1.54, 1.807) is 25.6 Å². The van der Waals surface area contributed by atoms with Gasteiger partial charge in [-0.25, -0.2) is 9.37 Å². The van der Waals surface area contributed by atoms with Crippen molar-refractivity contribution < 1.29 is 9.18 Å². The summed E-state index contributed by atoms with van der Waals surface area (Å²) in [6.45, 7) is 7.57. The lowest BCUT2D eigenvalue weighted by atomic mass is 10.1. The SMILES string of the molecule is Cc1ccc(C)c(SCc2nc3sc(C(=O)Nc4ccc(F)cc4C)c(C)c3c(=O)[nH]2)c1. The first kappa shape index (κ1) is 22.2. The zero-order valence-corrected chi connectivity index (χ0v) is 19.8. The normalized spacial score (nSPS) is 11.2. The molecule has 4 aromatic rings. The molecule has 2 N–H and O–H groups in total. The third-order valence-electron chi connectivity index (χ3n) is 5.20. The number of hydrogen-bond acceptors (Lipinski definition) is 5. The van der Waals surface area contributed by atoms with Crippen LogP contribution in [-0.2, 0) is 5.75 Å². The van der Waals surface area contributed by atoms with E-state index in [1.165, 1.54) is 40.7 Å². The van der Waals surface area contributed by atoms with Gasteiger partial charge in [-0.2, -0.15) is 0 Å². The summed E-state index contributed by atoms with van der Waals surface area (Å²) in [5.74, 6) is 0.380. The van der Waals surface area contributed by atoms with Gasteiger partial charge in [-0.05, 0) is 68.7 Å². The summed E-state index contributed by atoms with van der Waals surface area (Å²) >= 11 is 2.80. The Kier molecular flexibility index (Phi) is 6.17. The Balaban J connectivity index is 1.61. The van der Waals surface area contributed by atoms with Gasteiger partial charge in [0.15, 0.2) is 0 Å². The number of aromatic nitrogens is 2. The van der Waals surface area contributed by atoms with Crippen molar-refractivity contribution in [1.29, 1.82) is 0 Å². The van der Waals surface area contributed by atoms with E-state index in [-0.39, 0.29) is 17.3 Å². The highest BCUT2D eigenvalue weighted by Gasteiger charge is 2.20. The highest BCUT2D eigenvalue weighted by molar-refractivity contribution is 7.98. The fourth-order valence-corrected chi connectivity index (χ4v) is 5.52. The molecule has 0 aliphatic heterocycles. The van der Waals surface area contributed by atoms with Crippen molar-refractivity contribution in [3.63, 3.8) is 0 Å². The van der Waals surface area contributed by atoms with E-state index in [0.717, 1.165) is 4.90 Å². The van der Waals surface area contributed by atoms with Crippen molar-refractivity contribution in [3.8, 4) is 0 Å². The molecule has 2 aromatic heterocycles. The monoisotopic (exact) mass is 467 g/mol. The number of nitrogens with zero attached hydrogens (tertiary/aromatic N) is 1. The number of amides is 1. The molecule has 32 heavy (non-hydrogen) atoms. The Morgan fingerprint density at radius 3 is 2.66 bits per heavy atom. The van der Waals surface area contributed by atoms with Crippen LogP contribution in [0.2, 0.25) is 0 Å². The standard InChI is InChI=1S/C24H22FN3O2S2/c1-12-5-6-13(2)18(9-12)31-11-19-27-22(29)20-15(4)21(32-24(20)28-19)23(30)26-17-8-7-16(25)10-14(17)3/h5-10H,11H2,1-4H3,(H,26,30)(H,27,28,29). The molecule has 5 nitrogen and oxygen atoms in total. The van der Waals surface area contributed by atoms with Gasteiger partial charge < -0.3 is 10.3 Å². The molecule has 1 amide bonds. The molecular weight excluding hydrogens is 445 g/mol. The zero-order valence-electron chi connectivity index (χ0n) is 18.1. The van der Waals surface area contributed by atoms with Crippen molar-refractivity contribution in [2.75, 3.05) is 5.32 Å². The summed E-state index contributed by atoms with van der Waals surface area (Å²) in [7, 11) is 0. The van der Waals surface area contributed by atoms with E-state index in [1.807, 2.05) is 6.92 Å². The number of carbonyl (C=O) groups is 1. The molecule has 4 rings (SSSR count). The second-order valence-electron chi connectivity index (χ2n) is 7.72. The Hall–Kier alpha value is -2.97. The highest BCUT2D eigenvalue weighted by Crippen LogP contribution is 2.30. The molecule has 0 aliphatic rings. The van der Waals surface area contributed by atoms with Crippen molar-refractivity contribution in [3.05, 3.63) is 85.5 Å². The van der Waals surface area contributed by atoms with Crippen LogP contribution >= 0.6 is 23.1 Å². The number of carbonyl (C=O) groups excluding carboxylic acids is 1. The molecule has 0 saturated heterocycles. The maximum absolute atomic E-state index is 13.3. The molecule has 0 aliphatic carbocycles. The summed E-state index contributed by atoms with van der Waals surface area (Å²) < 4.78 is 13.3. The number of thiophene rings is 1. The van der Waals surface area contributed by atoms with Gasteiger partial charge in [0.1, 0.15) is 16.5 Å². The number of nitrogens with one attached hydrogen (secondary N) is 2. The topological polar surface area (TPSA) is 74.8 Å². The Morgan fingerprint density at radius 1 is 1.12 bits per heavy atom. The van der Waals surface area contributed by atoms with Crippen LogP contribution in [0, 0.1) is 33.5 Å². The molecule has 0 saturated carbocycles. The van der Waals surface area contributed by atoms with E-state index < -0.39 is 0 Å². The van der Waals surface area contributed by atoms with Gasteiger partial charge in [0.25, 0.3) is 11.5 Å². The third kappa shape index (κ3) is 4.47. The van der Waals surface area contributed by atoms with Crippen LogP contribution in [0.5, 0.6) is 0 Å². The number of aromatic amines is 1. The molecule has 0 unspecified atom stereocenters. The molecular formula is C24H22FN3O2S2. The largest absolute Gasteiger partial charge is 0.321 e. The summed E-state index contributed by atoms with van der Waals surface area (Å²) in [6, 6.07) is 10.4. The van der Waals surface area contributed by atoms with Crippen LogP contribution in [0.25, 0.3) is 10.2 Å². The van der Waals surface area contributed by atoms with Crippen LogP contribution in [-0.4, -0.2) is 15.9 Å². The van der Waals surface area contributed by atoms with E-state index in [4.69, 9.17) is 0 Å². The Morgan fingerprint density at radius 2 is 1.91 bits per heavy atom. The van der Waals surface area contributed by atoms with Crippen molar-refractivity contribution in [2.45, 2.75) is 38.3 Å². The fraction of sp³-hybridized carbons (Fsp3) is 0.208. The second kappa shape index (κ2) is 8.88. The van der Waals surface area contributed by atoms with Gasteiger partial charge in [0, 0.05) is 10.6 Å². The number of thioether (sulfide) groups is 1. The first-order valence-corrected chi connectivity index (χ1v) is 11.8. The predicted octanol–water partition coefficient (Wildman–Crippen LogP) is 5.90. The molecule has 8 heteroatoms. The minimum Gasteiger partial charge on any atom is -0.321 e. The lowest BCUT2D eigenvalue weighted by Gasteiger charge is -2.07. The van der Waals surface area contributed by atoms with Gasteiger partial charge in [0.05, 0.1) is 16.0 Å². The number of rotatable bonds is 5. The molecule has 2 aromatic carbocycles. The van der Waals surface area contributed by atoms with Gasteiger partial charge in [0.2, 0.25) is 0 Å². The van der Waals surface area contributed by atoms with Gasteiger partial charge >= 0.3 is 0 Å². The lowest BCUT2D eigenvalue weighted by Crippen LogP contribution is -2.13. The Labute approximate surface area is 193 Å². The van der Waals surface area contributed by atoms with Crippen molar-refractivity contribution in [2.24, 2.45) is 0 Å². The predicted molar refractivity (Wildman–Crippen MR) is 130 cm³/mol. The van der Waals surface area contributed by atoms with Crippen LogP contribution in [0.15, 0.2) is 46.1 Å². The summed E-state index contributed by atoms with van der Waals surface area (Å²) in [4.78, 5) is 35.2. The summed E-state index contributed by atoms with van der Waals surface area (Å²) in [6.07, 6.45) is 0. The Bertz CT molecular complexity index is 1410. The number of hydrogen-bond donors (Lipinski definition) is 2. The first-order chi connectivity index (χ1) is 15.2. The third-order valence-corrected chi connectivity index (χ3v) is 7.55. The molecule has 2 heterocycles. The minimum absolute atomic E-state index is 0.252. The molecule has 0 spiro atoms. The average Bonchev–Trinajstić information content (AvgIpc) is 3.07. The van der Waals surface area contributed by atoms with E-state index in [2.05, 4.69) is 40.4 Å². The van der Waals surface area contributed by atoms with Crippen LogP contribution in [0.1, 0.15) is 37.7 Å². The van der Waals surface area contributed by atoms with Gasteiger partial charge in [-0.15, -0.1) is 23.1 Å². The number of benzene rings is 2. The van der Waals surface area contributed by atoms with Crippen LogP contribution in [0.4, 0.5) is 10.1 Å². The number of aryl methyl sites for hydroxylation is 4. The lowest BCUT2D eigenvalue weighted by molar-refractivity contribution is 0.103. The second-order valence-corrected chi connectivity index (χ2v) is 9.74. The highest BCUT2D eigenvalue weighted by atomic mass is 32.2. The zero-order chi connectivity index (χ0) is 23.0. The van der Waals surface area contributed by atoms with Crippen LogP contribution < -0.4 is 10.9 Å². The maximum Gasteiger partial charge on any atom is 0.266 e. The fourth-order valence-electron chi connectivity index (χ4n) is 3.43. The van der Waals surface area contributed by atoms with Gasteiger partial charge in [-0.3, -0.25) is 9.59 Å². The molecule has 164 valence electrons. The first-order valence-electron chi connectivity index (χ1n) is 10.0. The number of fused-ring (bicyclic) bond motifs is 1. The van der Waals surface area contributed by atoms with E-state index in [9.17, 15) is 14.0 Å².